The van der Waals surface area contributed by atoms with Crippen LogP contribution in [-0.4, -0.2) is 48.3 Å². The van der Waals surface area contributed by atoms with E-state index < -0.39 is 0 Å². The smallest absolute Gasteiger partial charge is 0.253 e. The van der Waals surface area contributed by atoms with E-state index in [9.17, 15) is 4.79 Å². The zero-order valence-corrected chi connectivity index (χ0v) is 19.5. The lowest BCUT2D eigenvalue weighted by atomic mass is 9.80. The van der Waals surface area contributed by atoms with Crippen LogP contribution in [0.1, 0.15) is 68.5 Å². The molecule has 0 radical (unpaired) electrons. The standard InChI is InChI=1S/C27H35NO4/c1-4-30-24-18-25(21-8-6-5-7-9-21)32-27(19-24)14-16-28(17-15-27)26(29)22-10-12-23(13-11-22)31-20(2)3/h5-13,20,24-25H,4,14-19H2,1-3H3/t24-,25-/m0/s1. The van der Waals surface area contributed by atoms with Crippen molar-refractivity contribution in [3.05, 3.63) is 65.7 Å². The summed E-state index contributed by atoms with van der Waals surface area (Å²) in [6, 6.07) is 17.9. The number of hydrogen-bond donors (Lipinski definition) is 0. The van der Waals surface area contributed by atoms with Crippen LogP contribution in [-0.2, 0) is 9.47 Å². The topological polar surface area (TPSA) is 48.0 Å². The summed E-state index contributed by atoms with van der Waals surface area (Å²) in [4.78, 5) is 15.0. The van der Waals surface area contributed by atoms with Crippen molar-refractivity contribution in [2.24, 2.45) is 0 Å². The molecule has 0 saturated carbocycles. The van der Waals surface area contributed by atoms with Gasteiger partial charge in [0.2, 0.25) is 0 Å². The predicted molar refractivity (Wildman–Crippen MR) is 125 cm³/mol. The molecular weight excluding hydrogens is 402 g/mol. The molecule has 2 aliphatic heterocycles. The molecule has 32 heavy (non-hydrogen) atoms. The number of carbonyl (C=O) groups excluding carboxylic acids is 1. The van der Waals surface area contributed by atoms with Gasteiger partial charge in [-0.05, 0) is 63.4 Å². The number of nitrogens with zero attached hydrogens (tertiary/aromatic N) is 1. The summed E-state index contributed by atoms with van der Waals surface area (Å²) in [6.45, 7) is 8.15. The molecule has 0 bridgehead atoms. The van der Waals surface area contributed by atoms with Gasteiger partial charge in [-0.25, -0.2) is 0 Å². The van der Waals surface area contributed by atoms with E-state index in [2.05, 4.69) is 31.2 Å². The normalized spacial score (nSPS) is 22.8. The first-order chi connectivity index (χ1) is 15.5. The molecule has 4 rings (SSSR count). The minimum absolute atomic E-state index is 0.0391. The molecule has 2 aliphatic rings. The Morgan fingerprint density at radius 1 is 1.09 bits per heavy atom. The number of benzene rings is 2. The molecule has 0 N–H and O–H groups in total. The van der Waals surface area contributed by atoms with E-state index in [1.165, 1.54) is 5.56 Å². The summed E-state index contributed by atoms with van der Waals surface area (Å²) < 4.78 is 18.5. The van der Waals surface area contributed by atoms with Gasteiger partial charge in [-0.15, -0.1) is 0 Å². The van der Waals surface area contributed by atoms with Crippen LogP contribution in [0.25, 0.3) is 0 Å². The number of piperidine rings is 1. The number of hydrogen-bond acceptors (Lipinski definition) is 4. The van der Waals surface area contributed by atoms with Gasteiger partial charge in [-0.1, -0.05) is 30.3 Å². The maximum absolute atomic E-state index is 13.1. The maximum atomic E-state index is 13.1. The van der Waals surface area contributed by atoms with Gasteiger partial charge in [0.15, 0.2) is 0 Å². The first-order valence-corrected chi connectivity index (χ1v) is 11.9. The fourth-order valence-corrected chi connectivity index (χ4v) is 4.94. The Labute approximate surface area is 191 Å². The molecule has 2 saturated heterocycles. The SMILES string of the molecule is CCO[C@H]1C[C@@H](c2ccccc2)OC2(CCN(C(=O)c3ccc(OC(C)C)cc3)CC2)C1. The maximum Gasteiger partial charge on any atom is 0.253 e. The Hall–Kier alpha value is -2.37. The highest BCUT2D eigenvalue weighted by Crippen LogP contribution is 2.44. The minimum Gasteiger partial charge on any atom is -0.491 e. The molecule has 172 valence electrons. The molecule has 2 atom stereocenters. The lowest BCUT2D eigenvalue weighted by molar-refractivity contribution is -0.190. The molecule has 2 heterocycles. The number of carbonyl (C=O) groups is 1. The number of ether oxygens (including phenoxy) is 3. The van der Waals surface area contributed by atoms with Crippen LogP contribution in [0.4, 0.5) is 0 Å². The van der Waals surface area contributed by atoms with Crippen molar-refractivity contribution in [1.29, 1.82) is 0 Å². The molecule has 0 aromatic heterocycles. The van der Waals surface area contributed by atoms with Crippen molar-refractivity contribution >= 4 is 5.91 Å². The average Bonchev–Trinajstić information content (AvgIpc) is 2.80. The fraction of sp³-hybridized carbons (Fsp3) is 0.519. The minimum atomic E-state index is -0.232. The molecule has 1 spiro atoms. The second-order valence-corrected chi connectivity index (χ2v) is 9.20. The molecule has 1 amide bonds. The lowest BCUT2D eigenvalue weighted by Gasteiger charge is -2.48. The van der Waals surface area contributed by atoms with Crippen molar-refractivity contribution in [3.63, 3.8) is 0 Å². The molecule has 5 heteroatoms. The van der Waals surface area contributed by atoms with Gasteiger partial charge in [0.05, 0.1) is 23.9 Å². The van der Waals surface area contributed by atoms with E-state index in [1.54, 1.807) is 0 Å². The van der Waals surface area contributed by atoms with Gasteiger partial charge in [0.1, 0.15) is 5.75 Å². The van der Waals surface area contributed by atoms with Crippen LogP contribution in [0.5, 0.6) is 5.75 Å². The number of amides is 1. The highest BCUT2D eigenvalue weighted by atomic mass is 16.5. The van der Waals surface area contributed by atoms with Gasteiger partial charge < -0.3 is 19.1 Å². The third-order valence-corrected chi connectivity index (χ3v) is 6.48. The lowest BCUT2D eigenvalue weighted by Crippen LogP contribution is -2.52. The van der Waals surface area contributed by atoms with Crippen molar-refractivity contribution in [1.82, 2.24) is 4.90 Å². The number of likely N-dealkylation sites (tertiary alicyclic amines) is 1. The van der Waals surface area contributed by atoms with E-state index in [1.807, 2.05) is 49.1 Å². The molecular formula is C27H35NO4. The van der Waals surface area contributed by atoms with Crippen LogP contribution < -0.4 is 4.74 Å². The van der Waals surface area contributed by atoms with E-state index in [-0.39, 0.29) is 29.8 Å². The van der Waals surface area contributed by atoms with Gasteiger partial charge in [-0.2, -0.15) is 0 Å². The van der Waals surface area contributed by atoms with Gasteiger partial charge in [-0.3, -0.25) is 4.79 Å². The van der Waals surface area contributed by atoms with Crippen LogP contribution in [0.3, 0.4) is 0 Å². The predicted octanol–water partition coefficient (Wildman–Crippen LogP) is 5.41. The Morgan fingerprint density at radius 2 is 1.78 bits per heavy atom. The van der Waals surface area contributed by atoms with Crippen molar-refractivity contribution in [2.75, 3.05) is 19.7 Å². The summed E-state index contributed by atoms with van der Waals surface area (Å²) >= 11 is 0. The van der Waals surface area contributed by atoms with E-state index in [4.69, 9.17) is 14.2 Å². The van der Waals surface area contributed by atoms with Crippen molar-refractivity contribution in [3.8, 4) is 5.75 Å². The second-order valence-electron chi connectivity index (χ2n) is 9.20. The van der Waals surface area contributed by atoms with Gasteiger partial charge in [0.25, 0.3) is 5.91 Å². The zero-order chi connectivity index (χ0) is 22.6. The molecule has 2 fully saturated rings. The van der Waals surface area contributed by atoms with E-state index in [0.717, 1.165) is 31.4 Å². The summed E-state index contributed by atoms with van der Waals surface area (Å²) in [6.07, 6.45) is 3.79. The van der Waals surface area contributed by atoms with Crippen LogP contribution >= 0.6 is 0 Å². The number of rotatable bonds is 6. The molecule has 2 aromatic carbocycles. The van der Waals surface area contributed by atoms with Crippen LogP contribution in [0.15, 0.2) is 54.6 Å². The highest BCUT2D eigenvalue weighted by molar-refractivity contribution is 5.94. The van der Waals surface area contributed by atoms with Crippen molar-refractivity contribution in [2.45, 2.75) is 70.4 Å². The molecule has 5 nitrogen and oxygen atoms in total. The summed E-state index contributed by atoms with van der Waals surface area (Å²) in [7, 11) is 0. The van der Waals surface area contributed by atoms with Gasteiger partial charge >= 0.3 is 0 Å². The Morgan fingerprint density at radius 3 is 2.41 bits per heavy atom. The first-order valence-electron chi connectivity index (χ1n) is 11.9. The third kappa shape index (κ3) is 5.33. The van der Waals surface area contributed by atoms with E-state index >= 15 is 0 Å². The largest absolute Gasteiger partial charge is 0.491 e. The summed E-state index contributed by atoms with van der Waals surface area (Å²) in [5.41, 5.74) is 1.68. The van der Waals surface area contributed by atoms with E-state index in [0.29, 0.717) is 25.3 Å². The third-order valence-electron chi connectivity index (χ3n) is 6.48. The Kier molecular flexibility index (Phi) is 7.17. The zero-order valence-electron chi connectivity index (χ0n) is 19.5. The highest BCUT2D eigenvalue weighted by Gasteiger charge is 2.45. The average molecular weight is 438 g/mol. The monoisotopic (exact) mass is 437 g/mol. The van der Waals surface area contributed by atoms with Gasteiger partial charge in [0, 0.05) is 38.1 Å². The second kappa shape index (κ2) is 10.1. The Bertz CT molecular complexity index is 872. The summed E-state index contributed by atoms with van der Waals surface area (Å²) in [5, 5.41) is 0. The molecule has 0 aliphatic carbocycles. The molecule has 2 aromatic rings. The quantitative estimate of drug-likeness (QED) is 0.607. The molecule has 0 unspecified atom stereocenters. The fourth-order valence-electron chi connectivity index (χ4n) is 4.94. The Balaban J connectivity index is 1.42. The first kappa shape index (κ1) is 22.8. The van der Waals surface area contributed by atoms with Crippen LogP contribution in [0, 0.1) is 0 Å². The van der Waals surface area contributed by atoms with Crippen molar-refractivity contribution < 1.29 is 19.0 Å². The summed E-state index contributed by atoms with van der Waals surface area (Å²) in [5.74, 6) is 0.867. The van der Waals surface area contributed by atoms with Crippen LogP contribution in [0.2, 0.25) is 0 Å².